The second kappa shape index (κ2) is 10.7. The van der Waals surface area contributed by atoms with Gasteiger partial charge in [-0.15, -0.1) is 0 Å². The van der Waals surface area contributed by atoms with Crippen molar-refractivity contribution in [1.29, 1.82) is 0 Å². The lowest BCUT2D eigenvalue weighted by atomic mass is 9.91. The van der Waals surface area contributed by atoms with Gasteiger partial charge in [-0.05, 0) is 62.1 Å². The van der Waals surface area contributed by atoms with Gasteiger partial charge in [-0.1, -0.05) is 23.7 Å². The molecule has 2 aromatic carbocycles. The molecule has 1 saturated carbocycles. The Balaban J connectivity index is 1.20. The standard InChI is InChI=1S/C27H27ClN6O4/c1-33(2)25-19-5-3-4-6-21(19)31-27(32-25)30-18-10-8-17(9-11-18)29-26(35)24-14-13-23(38-24)20-12-7-16(28)15-22(20)34(36)37/h3-7,12-15,17-18H,8-11H2,1-2H3,(H,29,35)(H,30,31,32)/t17-,18+. The van der Waals surface area contributed by atoms with Crippen molar-refractivity contribution in [1.82, 2.24) is 15.3 Å². The average Bonchev–Trinajstić information content (AvgIpc) is 3.39. The van der Waals surface area contributed by atoms with E-state index < -0.39 is 4.92 Å². The number of hydrogen-bond acceptors (Lipinski definition) is 8. The molecule has 1 aliphatic rings. The zero-order valence-corrected chi connectivity index (χ0v) is 21.7. The van der Waals surface area contributed by atoms with E-state index in [1.54, 1.807) is 12.1 Å². The van der Waals surface area contributed by atoms with E-state index in [2.05, 4.69) is 15.6 Å². The van der Waals surface area contributed by atoms with Crippen molar-refractivity contribution >= 4 is 45.9 Å². The first kappa shape index (κ1) is 25.5. The van der Waals surface area contributed by atoms with Gasteiger partial charge in [-0.3, -0.25) is 14.9 Å². The first-order chi connectivity index (χ1) is 18.3. The molecule has 4 aromatic rings. The number of hydrogen-bond donors (Lipinski definition) is 2. The maximum Gasteiger partial charge on any atom is 0.287 e. The molecule has 38 heavy (non-hydrogen) atoms. The minimum atomic E-state index is -0.528. The number of nitro groups is 1. The van der Waals surface area contributed by atoms with Crippen LogP contribution in [0.3, 0.4) is 0 Å². The highest BCUT2D eigenvalue weighted by Gasteiger charge is 2.26. The number of benzene rings is 2. The van der Waals surface area contributed by atoms with Gasteiger partial charge in [0.2, 0.25) is 5.95 Å². The Hall–Kier alpha value is -4.18. The number of anilines is 2. The Bertz CT molecular complexity index is 1500. The molecule has 2 N–H and O–H groups in total. The van der Waals surface area contributed by atoms with E-state index >= 15 is 0 Å². The summed E-state index contributed by atoms with van der Waals surface area (Å²) in [6.07, 6.45) is 3.26. The molecule has 0 bridgehead atoms. The number of fused-ring (bicyclic) bond motifs is 1. The van der Waals surface area contributed by atoms with Crippen LogP contribution in [0.2, 0.25) is 5.02 Å². The summed E-state index contributed by atoms with van der Waals surface area (Å²) in [7, 11) is 3.93. The van der Waals surface area contributed by atoms with Crippen LogP contribution in [-0.4, -0.2) is 47.0 Å². The van der Waals surface area contributed by atoms with Crippen molar-refractivity contribution in [3.8, 4) is 11.3 Å². The fourth-order valence-corrected chi connectivity index (χ4v) is 4.92. The van der Waals surface area contributed by atoms with Gasteiger partial charge >= 0.3 is 0 Å². The molecule has 5 rings (SSSR count). The van der Waals surface area contributed by atoms with Crippen molar-refractivity contribution in [3.05, 3.63) is 75.5 Å². The molecule has 196 valence electrons. The molecule has 10 nitrogen and oxygen atoms in total. The van der Waals surface area contributed by atoms with Crippen LogP contribution in [0.25, 0.3) is 22.2 Å². The van der Waals surface area contributed by atoms with Crippen molar-refractivity contribution in [2.45, 2.75) is 37.8 Å². The topological polar surface area (TPSA) is 126 Å². The highest BCUT2D eigenvalue weighted by molar-refractivity contribution is 6.30. The maximum atomic E-state index is 12.8. The van der Waals surface area contributed by atoms with E-state index in [1.165, 1.54) is 18.2 Å². The van der Waals surface area contributed by atoms with Crippen LogP contribution in [0, 0.1) is 10.1 Å². The number of nitrogens with one attached hydrogen (secondary N) is 2. The van der Waals surface area contributed by atoms with Gasteiger partial charge in [0.1, 0.15) is 11.6 Å². The number of aromatic nitrogens is 2. The van der Waals surface area contributed by atoms with Crippen LogP contribution in [0.4, 0.5) is 17.5 Å². The van der Waals surface area contributed by atoms with Crippen molar-refractivity contribution in [2.75, 3.05) is 24.3 Å². The second-order valence-corrected chi connectivity index (χ2v) is 9.97. The first-order valence-electron chi connectivity index (χ1n) is 12.3. The Morgan fingerprint density at radius 1 is 1.05 bits per heavy atom. The van der Waals surface area contributed by atoms with E-state index in [0.717, 1.165) is 42.4 Å². The van der Waals surface area contributed by atoms with Gasteiger partial charge in [0.15, 0.2) is 5.76 Å². The summed E-state index contributed by atoms with van der Waals surface area (Å²) in [5, 5.41) is 19.2. The third kappa shape index (κ3) is 5.40. The lowest BCUT2D eigenvalue weighted by molar-refractivity contribution is -0.384. The average molecular weight is 535 g/mol. The molecule has 0 aliphatic heterocycles. The highest BCUT2D eigenvalue weighted by Crippen LogP contribution is 2.33. The molecule has 2 heterocycles. The van der Waals surface area contributed by atoms with Crippen LogP contribution in [0.15, 0.2) is 59.0 Å². The summed E-state index contributed by atoms with van der Waals surface area (Å²) in [6.45, 7) is 0. The number of nitrogens with zero attached hydrogens (tertiary/aromatic N) is 4. The van der Waals surface area contributed by atoms with Gasteiger partial charge in [0, 0.05) is 42.7 Å². The molecule has 1 amide bonds. The number of halogens is 1. The van der Waals surface area contributed by atoms with Gasteiger partial charge in [-0.2, -0.15) is 4.98 Å². The molecule has 2 aromatic heterocycles. The molecule has 1 aliphatic carbocycles. The normalized spacial score (nSPS) is 17.2. The summed E-state index contributed by atoms with van der Waals surface area (Å²) in [5.41, 5.74) is 0.965. The fourth-order valence-electron chi connectivity index (χ4n) is 4.76. The van der Waals surface area contributed by atoms with Crippen LogP contribution >= 0.6 is 11.6 Å². The molecule has 1 fully saturated rings. The van der Waals surface area contributed by atoms with E-state index in [4.69, 9.17) is 21.0 Å². The number of para-hydroxylation sites is 1. The molecule has 0 atom stereocenters. The SMILES string of the molecule is CN(C)c1nc(N[C@H]2CC[C@@H](NC(=O)c3ccc(-c4ccc(Cl)cc4[N+](=O)[O-])o3)CC2)nc2ccccc12. The number of carbonyl (C=O) groups is 1. The van der Waals surface area contributed by atoms with E-state index in [9.17, 15) is 14.9 Å². The molecule has 0 saturated heterocycles. The van der Waals surface area contributed by atoms with Crippen LogP contribution in [0.5, 0.6) is 0 Å². The quantitative estimate of drug-likeness (QED) is 0.229. The summed E-state index contributed by atoms with van der Waals surface area (Å²) < 4.78 is 5.68. The predicted octanol–water partition coefficient (Wildman–Crippen LogP) is 5.67. The maximum absolute atomic E-state index is 12.8. The van der Waals surface area contributed by atoms with E-state index in [-0.39, 0.29) is 45.8 Å². The number of amides is 1. The molecule has 0 spiro atoms. The summed E-state index contributed by atoms with van der Waals surface area (Å²) in [6, 6.07) is 15.5. The lowest BCUT2D eigenvalue weighted by Gasteiger charge is -2.29. The molecule has 0 radical (unpaired) electrons. The third-order valence-corrected chi connectivity index (χ3v) is 6.89. The Labute approximate surface area is 224 Å². The summed E-state index contributed by atoms with van der Waals surface area (Å²) >= 11 is 5.90. The number of furan rings is 1. The van der Waals surface area contributed by atoms with E-state index in [0.29, 0.717) is 5.95 Å². The van der Waals surface area contributed by atoms with Crippen molar-refractivity contribution in [3.63, 3.8) is 0 Å². The zero-order valence-electron chi connectivity index (χ0n) is 21.0. The number of carbonyl (C=O) groups excluding carboxylic acids is 1. The van der Waals surface area contributed by atoms with Crippen LogP contribution in [0.1, 0.15) is 36.2 Å². The van der Waals surface area contributed by atoms with Gasteiger partial charge < -0.3 is 20.0 Å². The van der Waals surface area contributed by atoms with Crippen molar-refractivity contribution in [2.24, 2.45) is 0 Å². The minimum absolute atomic E-state index is 0.00572. The fraction of sp³-hybridized carbons (Fsp3) is 0.296. The smallest absolute Gasteiger partial charge is 0.287 e. The Morgan fingerprint density at radius 2 is 1.79 bits per heavy atom. The highest BCUT2D eigenvalue weighted by atomic mass is 35.5. The van der Waals surface area contributed by atoms with Gasteiger partial charge in [-0.25, -0.2) is 4.98 Å². The van der Waals surface area contributed by atoms with Crippen LogP contribution in [-0.2, 0) is 0 Å². The molecular weight excluding hydrogens is 508 g/mol. The molecular formula is C27H27ClN6O4. The lowest BCUT2D eigenvalue weighted by Crippen LogP contribution is -2.40. The third-order valence-electron chi connectivity index (χ3n) is 6.65. The van der Waals surface area contributed by atoms with Crippen LogP contribution < -0.4 is 15.5 Å². The van der Waals surface area contributed by atoms with Crippen molar-refractivity contribution < 1.29 is 14.1 Å². The number of rotatable bonds is 7. The Kier molecular flexibility index (Phi) is 7.15. The molecule has 0 unspecified atom stereocenters. The van der Waals surface area contributed by atoms with E-state index in [1.807, 2.05) is 43.3 Å². The number of nitro benzene ring substituents is 1. The minimum Gasteiger partial charge on any atom is -0.451 e. The second-order valence-electron chi connectivity index (χ2n) is 9.53. The summed E-state index contributed by atoms with van der Waals surface area (Å²) in [4.78, 5) is 35.1. The Morgan fingerprint density at radius 3 is 2.53 bits per heavy atom. The monoisotopic (exact) mass is 534 g/mol. The zero-order chi connectivity index (χ0) is 26.8. The summed E-state index contributed by atoms with van der Waals surface area (Å²) in [5.74, 6) is 1.45. The first-order valence-corrected chi connectivity index (χ1v) is 12.7. The van der Waals surface area contributed by atoms with Gasteiger partial charge in [0.25, 0.3) is 11.6 Å². The largest absolute Gasteiger partial charge is 0.451 e. The van der Waals surface area contributed by atoms with Gasteiger partial charge in [0.05, 0.1) is 16.0 Å². The molecule has 11 heteroatoms. The predicted molar refractivity (Wildman–Crippen MR) is 147 cm³/mol.